The molecule has 0 aromatic heterocycles. The molecule has 1 aromatic carbocycles. The average molecular weight is 252 g/mol. The summed E-state index contributed by atoms with van der Waals surface area (Å²) in [4.78, 5) is 0. The Morgan fingerprint density at radius 2 is 2.17 bits per heavy atom. The first-order valence-corrected chi connectivity index (χ1v) is 6.71. The van der Waals surface area contributed by atoms with E-state index in [0.29, 0.717) is 11.5 Å². The highest BCUT2D eigenvalue weighted by atomic mass is 19.1. The molecule has 0 spiro atoms. The maximum atomic E-state index is 13.9. The smallest absolute Gasteiger partial charge is 0.167 e. The second-order valence-corrected chi connectivity index (χ2v) is 5.20. The lowest BCUT2D eigenvalue weighted by Gasteiger charge is -2.33. The molecule has 3 unspecified atom stereocenters. The minimum Gasteiger partial charge on any atom is -0.485 e. The van der Waals surface area contributed by atoms with Crippen LogP contribution in [0, 0.1) is 18.7 Å². The van der Waals surface area contributed by atoms with Crippen LogP contribution in [-0.4, -0.2) is 17.3 Å². The number of aliphatic hydroxyl groups excluding tert-OH is 1. The fourth-order valence-corrected chi connectivity index (χ4v) is 2.57. The van der Waals surface area contributed by atoms with Crippen molar-refractivity contribution >= 4 is 0 Å². The summed E-state index contributed by atoms with van der Waals surface area (Å²) in [5.74, 6) is 0.519. The van der Waals surface area contributed by atoms with Crippen molar-refractivity contribution in [3.63, 3.8) is 0 Å². The third kappa shape index (κ3) is 2.83. The van der Waals surface area contributed by atoms with Gasteiger partial charge in [0, 0.05) is 0 Å². The Morgan fingerprint density at radius 1 is 1.39 bits per heavy atom. The van der Waals surface area contributed by atoms with Crippen LogP contribution in [-0.2, 0) is 0 Å². The van der Waals surface area contributed by atoms with Crippen LogP contribution in [0.1, 0.15) is 38.2 Å². The first-order valence-electron chi connectivity index (χ1n) is 6.71. The molecular weight excluding hydrogens is 231 g/mol. The monoisotopic (exact) mass is 252 g/mol. The second-order valence-electron chi connectivity index (χ2n) is 5.20. The standard InChI is InChI=1S/C15H21FO2/c1-3-11-7-8-12(17)14(9-11)18-13-6-4-5-10(2)15(13)16/h4-6,11-12,14,17H,3,7-9H2,1-2H3. The summed E-state index contributed by atoms with van der Waals surface area (Å²) < 4.78 is 19.5. The van der Waals surface area contributed by atoms with Gasteiger partial charge in [-0.05, 0) is 43.7 Å². The average Bonchev–Trinajstić information content (AvgIpc) is 2.37. The van der Waals surface area contributed by atoms with Gasteiger partial charge in [-0.3, -0.25) is 0 Å². The van der Waals surface area contributed by atoms with E-state index in [1.165, 1.54) is 0 Å². The molecular formula is C15H21FO2. The van der Waals surface area contributed by atoms with Gasteiger partial charge in [0.15, 0.2) is 11.6 Å². The molecule has 0 saturated heterocycles. The summed E-state index contributed by atoms with van der Waals surface area (Å²) in [6.07, 6.45) is 2.92. The van der Waals surface area contributed by atoms with Gasteiger partial charge >= 0.3 is 0 Å². The Bertz CT molecular complexity index is 405. The lowest BCUT2D eigenvalue weighted by Crippen LogP contribution is -2.38. The second kappa shape index (κ2) is 5.70. The van der Waals surface area contributed by atoms with Gasteiger partial charge in [0.25, 0.3) is 0 Å². The molecule has 1 saturated carbocycles. The van der Waals surface area contributed by atoms with E-state index in [9.17, 15) is 9.50 Å². The van der Waals surface area contributed by atoms with Crippen LogP contribution >= 0.6 is 0 Å². The van der Waals surface area contributed by atoms with Crippen LogP contribution in [0.4, 0.5) is 4.39 Å². The molecule has 0 bridgehead atoms. The molecule has 1 N–H and O–H groups in total. The number of hydrogen-bond donors (Lipinski definition) is 1. The predicted octanol–water partition coefficient (Wildman–Crippen LogP) is 3.45. The highest BCUT2D eigenvalue weighted by Crippen LogP contribution is 2.31. The highest BCUT2D eigenvalue weighted by Gasteiger charge is 2.30. The van der Waals surface area contributed by atoms with Crippen molar-refractivity contribution in [2.24, 2.45) is 5.92 Å². The van der Waals surface area contributed by atoms with Crippen molar-refractivity contribution in [3.8, 4) is 5.75 Å². The number of benzene rings is 1. The molecule has 2 nitrogen and oxygen atoms in total. The maximum absolute atomic E-state index is 13.9. The first-order chi connectivity index (χ1) is 8.61. The molecule has 1 aromatic rings. The van der Waals surface area contributed by atoms with Crippen molar-refractivity contribution in [2.75, 3.05) is 0 Å². The molecule has 3 heteroatoms. The topological polar surface area (TPSA) is 29.5 Å². The summed E-state index contributed by atoms with van der Waals surface area (Å²) in [6.45, 7) is 3.86. The highest BCUT2D eigenvalue weighted by molar-refractivity contribution is 5.30. The summed E-state index contributed by atoms with van der Waals surface area (Å²) in [6, 6.07) is 5.12. The molecule has 1 aliphatic carbocycles. The molecule has 1 fully saturated rings. The number of ether oxygens (including phenoxy) is 1. The summed E-state index contributed by atoms with van der Waals surface area (Å²) >= 11 is 0. The van der Waals surface area contributed by atoms with Gasteiger partial charge < -0.3 is 9.84 Å². The van der Waals surface area contributed by atoms with Crippen LogP contribution in [0.3, 0.4) is 0 Å². The molecule has 0 amide bonds. The number of hydrogen-bond acceptors (Lipinski definition) is 2. The summed E-state index contributed by atoms with van der Waals surface area (Å²) in [5, 5.41) is 9.96. The molecule has 0 aliphatic heterocycles. The fourth-order valence-electron chi connectivity index (χ4n) is 2.57. The van der Waals surface area contributed by atoms with Gasteiger partial charge in [-0.1, -0.05) is 25.5 Å². The number of halogens is 1. The molecule has 18 heavy (non-hydrogen) atoms. The largest absolute Gasteiger partial charge is 0.485 e. The van der Waals surface area contributed by atoms with E-state index >= 15 is 0 Å². The fraction of sp³-hybridized carbons (Fsp3) is 0.600. The van der Waals surface area contributed by atoms with Gasteiger partial charge in [-0.2, -0.15) is 0 Å². The van der Waals surface area contributed by atoms with Crippen molar-refractivity contribution in [1.29, 1.82) is 0 Å². The van der Waals surface area contributed by atoms with E-state index in [4.69, 9.17) is 4.74 Å². The number of rotatable bonds is 3. The normalized spacial score (nSPS) is 28.1. The Kier molecular flexibility index (Phi) is 4.23. The Morgan fingerprint density at radius 3 is 2.89 bits per heavy atom. The number of aliphatic hydroxyl groups is 1. The quantitative estimate of drug-likeness (QED) is 0.892. The lowest BCUT2D eigenvalue weighted by molar-refractivity contribution is -0.0126. The summed E-state index contributed by atoms with van der Waals surface area (Å²) in [5.41, 5.74) is 0.574. The zero-order valence-electron chi connectivity index (χ0n) is 11.0. The molecule has 3 atom stereocenters. The van der Waals surface area contributed by atoms with Crippen molar-refractivity contribution in [3.05, 3.63) is 29.6 Å². The SMILES string of the molecule is CCC1CCC(O)C(Oc2cccc(C)c2F)C1. The predicted molar refractivity (Wildman–Crippen MR) is 69.2 cm³/mol. The minimum absolute atomic E-state index is 0.260. The Balaban J connectivity index is 2.09. The zero-order valence-corrected chi connectivity index (χ0v) is 11.0. The van der Waals surface area contributed by atoms with E-state index in [2.05, 4.69) is 6.92 Å². The van der Waals surface area contributed by atoms with Crippen LogP contribution < -0.4 is 4.74 Å². The third-order valence-corrected chi connectivity index (χ3v) is 3.88. The zero-order chi connectivity index (χ0) is 13.1. The summed E-state index contributed by atoms with van der Waals surface area (Å²) in [7, 11) is 0. The van der Waals surface area contributed by atoms with Crippen molar-refractivity contribution in [1.82, 2.24) is 0 Å². The van der Waals surface area contributed by atoms with E-state index < -0.39 is 6.10 Å². The van der Waals surface area contributed by atoms with Crippen molar-refractivity contribution < 1.29 is 14.2 Å². The van der Waals surface area contributed by atoms with E-state index in [1.54, 1.807) is 25.1 Å². The Labute approximate surface area is 108 Å². The van der Waals surface area contributed by atoms with Gasteiger partial charge in [0.05, 0.1) is 6.10 Å². The Hall–Kier alpha value is -1.09. The molecule has 0 radical (unpaired) electrons. The minimum atomic E-state index is -0.479. The van der Waals surface area contributed by atoms with Crippen LogP contribution in [0.25, 0.3) is 0 Å². The number of aryl methyl sites for hydroxylation is 1. The maximum Gasteiger partial charge on any atom is 0.167 e. The molecule has 0 heterocycles. The third-order valence-electron chi connectivity index (χ3n) is 3.88. The van der Waals surface area contributed by atoms with Crippen LogP contribution in [0.2, 0.25) is 0 Å². The van der Waals surface area contributed by atoms with Gasteiger partial charge in [-0.15, -0.1) is 0 Å². The first kappa shape index (κ1) is 13.3. The molecule has 2 rings (SSSR count). The van der Waals surface area contributed by atoms with Gasteiger partial charge in [-0.25, -0.2) is 4.39 Å². The van der Waals surface area contributed by atoms with Crippen LogP contribution in [0.15, 0.2) is 18.2 Å². The van der Waals surface area contributed by atoms with Crippen molar-refractivity contribution in [2.45, 2.75) is 51.7 Å². The molecule has 100 valence electrons. The molecule has 1 aliphatic rings. The van der Waals surface area contributed by atoms with Gasteiger partial charge in [0.2, 0.25) is 0 Å². The van der Waals surface area contributed by atoms with Gasteiger partial charge in [0.1, 0.15) is 6.10 Å². The van der Waals surface area contributed by atoms with E-state index in [1.807, 2.05) is 0 Å². The van der Waals surface area contributed by atoms with E-state index in [0.717, 1.165) is 25.7 Å². The van der Waals surface area contributed by atoms with E-state index in [-0.39, 0.29) is 17.7 Å². The lowest BCUT2D eigenvalue weighted by atomic mass is 9.84. The van der Waals surface area contributed by atoms with Crippen LogP contribution in [0.5, 0.6) is 5.75 Å².